The van der Waals surface area contributed by atoms with Gasteiger partial charge in [-0.2, -0.15) is 0 Å². The van der Waals surface area contributed by atoms with Crippen LogP contribution < -0.4 is 9.47 Å². The van der Waals surface area contributed by atoms with E-state index in [1.807, 2.05) is 26.0 Å². The molecular weight excluding hydrogens is 390 g/mol. The first-order chi connectivity index (χ1) is 14.6. The number of carbonyl (C=O) groups excluding carboxylic acids is 2. The molecule has 0 aliphatic heterocycles. The van der Waals surface area contributed by atoms with E-state index in [4.69, 9.17) is 9.47 Å². The van der Waals surface area contributed by atoms with E-state index in [2.05, 4.69) is 20.8 Å². The van der Waals surface area contributed by atoms with Crippen molar-refractivity contribution in [3.05, 3.63) is 64.7 Å². The fourth-order valence-electron chi connectivity index (χ4n) is 3.15. The van der Waals surface area contributed by atoms with Crippen LogP contribution in [0.5, 0.6) is 11.5 Å². The summed E-state index contributed by atoms with van der Waals surface area (Å²) in [4.78, 5) is 26.2. The maximum absolute atomic E-state index is 12.7. The molecule has 2 aromatic rings. The average Bonchev–Trinajstić information content (AvgIpc) is 2.72. The number of nitrogens with zero attached hydrogens (tertiary/aromatic N) is 1. The number of hydrogen-bond acceptors (Lipinski definition) is 4. The Morgan fingerprint density at radius 1 is 0.903 bits per heavy atom. The Balaban J connectivity index is 2.37. The van der Waals surface area contributed by atoms with Crippen LogP contribution in [-0.4, -0.2) is 43.9 Å². The Morgan fingerprint density at radius 3 is 1.97 bits per heavy atom. The monoisotopic (exact) mass is 423 g/mol. The molecule has 0 aromatic heterocycles. The second-order valence-corrected chi connectivity index (χ2v) is 8.48. The highest BCUT2D eigenvalue weighted by Crippen LogP contribution is 2.37. The Morgan fingerprint density at radius 2 is 1.45 bits per heavy atom. The van der Waals surface area contributed by atoms with E-state index < -0.39 is 0 Å². The van der Waals surface area contributed by atoms with Gasteiger partial charge in [0.05, 0.1) is 13.2 Å². The van der Waals surface area contributed by atoms with Gasteiger partial charge in [0, 0.05) is 42.4 Å². The van der Waals surface area contributed by atoms with Crippen molar-refractivity contribution in [1.29, 1.82) is 0 Å². The zero-order valence-electron chi connectivity index (χ0n) is 19.6. The summed E-state index contributed by atoms with van der Waals surface area (Å²) in [5.74, 6) is 1.23. The quantitative estimate of drug-likeness (QED) is 0.423. The maximum atomic E-state index is 12.7. The first-order valence-corrected chi connectivity index (χ1v) is 10.6. The van der Waals surface area contributed by atoms with Crippen LogP contribution in [0.15, 0.2) is 42.5 Å². The van der Waals surface area contributed by atoms with Crippen LogP contribution >= 0.6 is 0 Å². The van der Waals surface area contributed by atoms with Crippen molar-refractivity contribution in [3.8, 4) is 11.5 Å². The molecule has 166 valence electrons. The van der Waals surface area contributed by atoms with Gasteiger partial charge in [-0.1, -0.05) is 32.9 Å². The summed E-state index contributed by atoms with van der Waals surface area (Å²) >= 11 is 0. The zero-order valence-corrected chi connectivity index (χ0v) is 19.6. The van der Waals surface area contributed by atoms with Crippen molar-refractivity contribution in [2.45, 2.75) is 40.0 Å². The Labute approximate surface area is 185 Å². The Kier molecular flexibility index (Phi) is 8.03. The standard InChI is InChI=1S/C26H33NO4/c1-8-30-23-17-24(31-9-2)21(26(3,4)5)16-20(23)14-15-22(28)18-10-12-19(13-11-18)25(29)27(6)7/h10-17H,8-9H2,1-7H3. The minimum Gasteiger partial charge on any atom is -0.493 e. The molecule has 0 fully saturated rings. The number of allylic oxidation sites excluding steroid dienone is 1. The zero-order chi connectivity index (χ0) is 23.2. The van der Waals surface area contributed by atoms with Gasteiger partial charge in [-0.15, -0.1) is 0 Å². The minimum atomic E-state index is -0.141. The van der Waals surface area contributed by atoms with E-state index in [0.717, 1.165) is 16.9 Å². The second kappa shape index (κ2) is 10.3. The third-order valence-electron chi connectivity index (χ3n) is 4.76. The van der Waals surface area contributed by atoms with Crippen LogP contribution in [0.1, 0.15) is 66.5 Å². The van der Waals surface area contributed by atoms with Crippen LogP contribution in [0.3, 0.4) is 0 Å². The summed E-state index contributed by atoms with van der Waals surface area (Å²) in [6.45, 7) is 11.3. The highest BCUT2D eigenvalue weighted by Gasteiger charge is 2.21. The molecule has 2 aromatic carbocycles. The molecule has 0 atom stereocenters. The molecule has 31 heavy (non-hydrogen) atoms. The molecule has 0 bridgehead atoms. The van der Waals surface area contributed by atoms with E-state index in [0.29, 0.717) is 30.1 Å². The SMILES string of the molecule is CCOc1cc(OCC)c(C(C)(C)C)cc1C=CC(=O)c1ccc(C(=O)N(C)C)cc1. The fraction of sp³-hybridized carbons (Fsp3) is 0.385. The van der Waals surface area contributed by atoms with Gasteiger partial charge in [0.1, 0.15) is 11.5 Å². The van der Waals surface area contributed by atoms with Crippen molar-refractivity contribution in [2.75, 3.05) is 27.3 Å². The molecule has 5 nitrogen and oxygen atoms in total. The van der Waals surface area contributed by atoms with Gasteiger partial charge in [0.15, 0.2) is 5.78 Å². The number of ketones is 1. The van der Waals surface area contributed by atoms with Gasteiger partial charge in [-0.25, -0.2) is 0 Å². The summed E-state index contributed by atoms with van der Waals surface area (Å²) < 4.78 is 11.7. The molecule has 0 aliphatic rings. The van der Waals surface area contributed by atoms with Gasteiger partial charge in [0.25, 0.3) is 5.91 Å². The molecular formula is C26H33NO4. The van der Waals surface area contributed by atoms with Crippen molar-refractivity contribution in [3.63, 3.8) is 0 Å². The predicted molar refractivity (Wildman–Crippen MR) is 125 cm³/mol. The van der Waals surface area contributed by atoms with Crippen molar-refractivity contribution >= 4 is 17.8 Å². The maximum Gasteiger partial charge on any atom is 0.253 e. The molecule has 0 N–H and O–H groups in total. The van der Waals surface area contributed by atoms with Gasteiger partial charge < -0.3 is 14.4 Å². The van der Waals surface area contributed by atoms with Crippen LogP contribution in [0.2, 0.25) is 0 Å². The van der Waals surface area contributed by atoms with Crippen LogP contribution in [0.4, 0.5) is 0 Å². The summed E-state index contributed by atoms with van der Waals surface area (Å²) in [5, 5.41) is 0. The summed E-state index contributed by atoms with van der Waals surface area (Å²) in [5.41, 5.74) is 2.81. The first-order valence-electron chi connectivity index (χ1n) is 10.6. The Hall–Kier alpha value is -3.08. The molecule has 5 heteroatoms. The molecule has 1 amide bonds. The lowest BCUT2D eigenvalue weighted by molar-refractivity contribution is 0.0827. The van der Waals surface area contributed by atoms with Crippen LogP contribution in [0.25, 0.3) is 6.08 Å². The van der Waals surface area contributed by atoms with Crippen molar-refractivity contribution < 1.29 is 19.1 Å². The number of ether oxygens (including phenoxy) is 2. The molecule has 0 saturated carbocycles. The molecule has 2 rings (SSSR count). The lowest BCUT2D eigenvalue weighted by Gasteiger charge is -2.24. The lowest BCUT2D eigenvalue weighted by Crippen LogP contribution is -2.21. The summed E-state index contributed by atoms with van der Waals surface area (Å²) in [7, 11) is 3.39. The summed E-state index contributed by atoms with van der Waals surface area (Å²) in [6.07, 6.45) is 3.31. The van der Waals surface area contributed by atoms with Gasteiger partial charge >= 0.3 is 0 Å². The van der Waals surface area contributed by atoms with Crippen LogP contribution in [0, 0.1) is 0 Å². The minimum absolute atomic E-state index is 0.0972. The number of benzene rings is 2. The molecule has 0 radical (unpaired) electrons. The van der Waals surface area contributed by atoms with Gasteiger partial charge in [-0.3, -0.25) is 9.59 Å². The van der Waals surface area contributed by atoms with Crippen molar-refractivity contribution in [2.24, 2.45) is 0 Å². The number of rotatable bonds is 8. The Bertz CT molecular complexity index is 951. The molecule has 0 saturated heterocycles. The number of carbonyl (C=O) groups is 2. The fourth-order valence-corrected chi connectivity index (χ4v) is 3.15. The topological polar surface area (TPSA) is 55.8 Å². The third kappa shape index (κ3) is 6.20. The van der Waals surface area contributed by atoms with Crippen molar-refractivity contribution in [1.82, 2.24) is 4.90 Å². The van der Waals surface area contributed by atoms with Gasteiger partial charge in [-0.05, 0) is 49.6 Å². The smallest absolute Gasteiger partial charge is 0.253 e. The average molecular weight is 424 g/mol. The van der Waals surface area contributed by atoms with E-state index in [9.17, 15) is 9.59 Å². The molecule has 0 unspecified atom stereocenters. The van der Waals surface area contributed by atoms with Gasteiger partial charge in [0.2, 0.25) is 0 Å². The highest BCUT2D eigenvalue weighted by atomic mass is 16.5. The van der Waals surface area contributed by atoms with Crippen LogP contribution in [-0.2, 0) is 5.41 Å². The molecule has 0 aliphatic carbocycles. The predicted octanol–water partition coefficient (Wildman–Crippen LogP) is 5.38. The largest absolute Gasteiger partial charge is 0.493 e. The normalized spacial score (nSPS) is 11.5. The van der Waals surface area contributed by atoms with E-state index in [1.165, 1.54) is 11.0 Å². The molecule has 0 heterocycles. The molecule has 0 spiro atoms. The highest BCUT2D eigenvalue weighted by molar-refractivity contribution is 6.07. The lowest BCUT2D eigenvalue weighted by atomic mass is 9.85. The number of amides is 1. The number of hydrogen-bond donors (Lipinski definition) is 0. The van der Waals surface area contributed by atoms with E-state index >= 15 is 0 Å². The second-order valence-electron chi connectivity index (χ2n) is 8.48. The first kappa shape index (κ1) is 24.2. The summed E-state index contributed by atoms with van der Waals surface area (Å²) in [6, 6.07) is 10.6. The van der Waals surface area contributed by atoms with E-state index in [-0.39, 0.29) is 17.1 Å². The third-order valence-corrected chi connectivity index (χ3v) is 4.76. The van der Waals surface area contributed by atoms with E-state index in [1.54, 1.807) is 44.4 Å².